The second-order valence-corrected chi connectivity index (χ2v) is 15.4. The van der Waals surface area contributed by atoms with Crippen molar-refractivity contribution in [1.29, 1.82) is 0 Å². The molecular formula is C42H39N5O7S2. The van der Waals surface area contributed by atoms with E-state index in [0.717, 1.165) is 22.3 Å². The van der Waals surface area contributed by atoms with E-state index in [1.54, 1.807) is 47.0 Å². The zero-order valence-electron chi connectivity index (χ0n) is 30.5. The molecule has 0 aliphatic carbocycles. The molecule has 5 aromatic carbocycles. The van der Waals surface area contributed by atoms with Crippen LogP contribution in [0.25, 0.3) is 0 Å². The first-order valence-electron chi connectivity index (χ1n) is 17.9. The van der Waals surface area contributed by atoms with Crippen molar-refractivity contribution >= 4 is 50.7 Å². The Morgan fingerprint density at radius 1 is 0.839 bits per heavy atom. The first-order chi connectivity index (χ1) is 27.1. The highest BCUT2D eigenvalue weighted by atomic mass is 32.2. The Morgan fingerprint density at radius 2 is 1.55 bits per heavy atom. The lowest BCUT2D eigenvalue weighted by atomic mass is 10.0. The predicted octanol–water partition coefficient (Wildman–Crippen LogP) is 6.68. The smallest absolute Gasteiger partial charge is 0.293 e. The summed E-state index contributed by atoms with van der Waals surface area (Å²) >= 11 is 1.58. The lowest BCUT2D eigenvalue weighted by Gasteiger charge is -2.37. The fourth-order valence-electron chi connectivity index (χ4n) is 6.10. The number of carbonyl (C=O) groups excluding carboxylic acids is 2. The lowest BCUT2D eigenvalue weighted by Crippen LogP contribution is -2.49. The van der Waals surface area contributed by atoms with E-state index < -0.39 is 31.4 Å². The van der Waals surface area contributed by atoms with E-state index in [-0.39, 0.29) is 17.2 Å². The molecule has 1 aliphatic heterocycles. The van der Waals surface area contributed by atoms with Gasteiger partial charge in [-0.25, -0.2) is 13.1 Å². The van der Waals surface area contributed by atoms with Gasteiger partial charge in [-0.15, -0.1) is 11.8 Å². The SMILES string of the molecule is CCOc1cccc(C#Cc2ccccc2C(=O)N2CCN(c3ccccc3C(=O)NS(=O)(=O)c3ccc(NCCSc4ccccc4)c([N+](=O)[O-])c3)CC2)c1. The molecule has 14 heteroatoms. The molecule has 1 saturated heterocycles. The fraction of sp³-hybridized carbons (Fsp3) is 0.190. The van der Waals surface area contributed by atoms with E-state index in [0.29, 0.717) is 61.9 Å². The largest absolute Gasteiger partial charge is 0.494 e. The van der Waals surface area contributed by atoms with Crippen LogP contribution in [0.3, 0.4) is 0 Å². The monoisotopic (exact) mass is 789 g/mol. The molecule has 0 unspecified atom stereocenters. The van der Waals surface area contributed by atoms with Gasteiger partial charge in [-0.05, 0) is 73.7 Å². The van der Waals surface area contributed by atoms with Crippen molar-refractivity contribution < 1.29 is 27.7 Å². The minimum Gasteiger partial charge on any atom is -0.494 e. The van der Waals surface area contributed by atoms with E-state index >= 15 is 0 Å². The Kier molecular flexibility index (Phi) is 12.9. The number of anilines is 2. The average molecular weight is 790 g/mol. The van der Waals surface area contributed by atoms with Crippen molar-refractivity contribution in [2.24, 2.45) is 0 Å². The summed E-state index contributed by atoms with van der Waals surface area (Å²) in [7, 11) is -4.50. The van der Waals surface area contributed by atoms with Gasteiger partial charge in [-0.1, -0.05) is 60.4 Å². The van der Waals surface area contributed by atoms with Crippen LogP contribution in [0.1, 0.15) is 38.8 Å². The predicted molar refractivity (Wildman–Crippen MR) is 218 cm³/mol. The molecule has 286 valence electrons. The maximum absolute atomic E-state index is 13.7. The first kappa shape index (κ1) is 39.4. The molecule has 0 spiro atoms. The van der Waals surface area contributed by atoms with Gasteiger partial charge < -0.3 is 19.9 Å². The zero-order valence-corrected chi connectivity index (χ0v) is 32.1. The minimum absolute atomic E-state index is 0.105. The van der Waals surface area contributed by atoms with Crippen molar-refractivity contribution in [3.8, 4) is 17.6 Å². The van der Waals surface area contributed by atoms with Crippen molar-refractivity contribution in [2.75, 3.05) is 55.3 Å². The molecule has 2 amide bonds. The number of para-hydroxylation sites is 1. The third-order valence-electron chi connectivity index (χ3n) is 8.83. The second kappa shape index (κ2) is 18.4. The van der Waals surface area contributed by atoms with Crippen LogP contribution >= 0.6 is 11.8 Å². The highest BCUT2D eigenvalue weighted by Crippen LogP contribution is 2.29. The standard InChI is InChI=1S/C42H39N5O7S2/c1-2-54-33-13-10-11-31(29-33)19-20-32-12-6-7-16-36(32)42(49)46-26-24-45(25-27-46)39-18-9-8-17-37(39)41(48)44-56(52,53)35-21-22-38(40(30-35)47(50)51)43-23-28-55-34-14-4-3-5-15-34/h3-18,21-22,29-30,43H,2,23-28H2,1H3,(H,44,48). The minimum atomic E-state index is -4.50. The summed E-state index contributed by atoms with van der Waals surface area (Å²) in [5.41, 5.74) is 2.17. The number of nitrogens with one attached hydrogen (secondary N) is 2. The number of thioether (sulfide) groups is 1. The molecule has 0 saturated carbocycles. The Morgan fingerprint density at radius 3 is 2.30 bits per heavy atom. The summed E-state index contributed by atoms with van der Waals surface area (Å²) < 4.78 is 34.5. The van der Waals surface area contributed by atoms with Crippen molar-refractivity contribution in [1.82, 2.24) is 9.62 Å². The zero-order chi connectivity index (χ0) is 39.5. The average Bonchev–Trinajstić information content (AvgIpc) is 3.22. The summed E-state index contributed by atoms with van der Waals surface area (Å²) in [6, 6.07) is 34.4. The number of rotatable bonds is 13. The third kappa shape index (κ3) is 9.86. The normalized spacial score (nSPS) is 12.6. The van der Waals surface area contributed by atoms with E-state index in [4.69, 9.17) is 4.74 Å². The Labute approximate surface area is 330 Å². The van der Waals surface area contributed by atoms with Crippen LogP contribution in [-0.4, -0.2) is 75.1 Å². The molecule has 5 aromatic rings. The number of carbonyl (C=O) groups is 2. The van der Waals surface area contributed by atoms with Crippen molar-refractivity contribution in [3.05, 3.63) is 154 Å². The van der Waals surface area contributed by atoms with Crippen LogP contribution in [0.2, 0.25) is 0 Å². The molecule has 0 bridgehead atoms. The molecule has 2 N–H and O–H groups in total. The second-order valence-electron chi connectivity index (χ2n) is 12.5. The number of nitro groups is 1. The summed E-state index contributed by atoms with van der Waals surface area (Å²) in [6.07, 6.45) is 0. The van der Waals surface area contributed by atoms with Crippen LogP contribution in [0.4, 0.5) is 17.1 Å². The van der Waals surface area contributed by atoms with Gasteiger partial charge in [0.25, 0.3) is 27.5 Å². The summed E-state index contributed by atoms with van der Waals surface area (Å²) in [5, 5.41) is 14.9. The topological polar surface area (TPSA) is 151 Å². The Bertz CT molecular complexity index is 2390. The van der Waals surface area contributed by atoms with Gasteiger partial charge in [0.1, 0.15) is 11.4 Å². The Hall–Kier alpha value is -6.30. The maximum atomic E-state index is 13.7. The molecule has 12 nitrogen and oxygen atoms in total. The van der Waals surface area contributed by atoms with Crippen LogP contribution < -0.4 is 19.7 Å². The molecule has 1 fully saturated rings. The summed E-state index contributed by atoms with van der Waals surface area (Å²) in [5.74, 6) is 6.55. The summed E-state index contributed by atoms with van der Waals surface area (Å²) in [6.45, 7) is 4.31. The molecule has 1 heterocycles. The highest BCUT2D eigenvalue weighted by Gasteiger charge is 2.28. The van der Waals surface area contributed by atoms with Gasteiger partial charge in [0.15, 0.2) is 0 Å². The van der Waals surface area contributed by atoms with Crippen LogP contribution in [0.15, 0.2) is 131 Å². The number of hydrogen-bond acceptors (Lipinski definition) is 10. The third-order valence-corrected chi connectivity index (χ3v) is 11.2. The molecule has 0 atom stereocenters. The number of hydrogen-bond donors (Lipinski definition) is 2. The lowest BCUT2D eigenvalue weighted by molar-refractivity contribution is -0.384. The summed E-state index contributed by atoms with van der Waals surface area (Å²) in [4.78, 5) is 42.8. The van der Waals surface area contributed by atoms with Gasteiger partial charge in [0.05, 0.1) is 27.6 Å². The number of ether oxygens (including phenoxy) is 1. The molecule has 0 aromatic heterocycles. The Balaban J connectivity index is 1.10. The van der Waals surface area contributed by atoms with Crippen LogP contribution in [0.5, 0.6) is 5.75 Å². The van der Waals surface area contributed by atoms with Crippen LogP contribution in [-0.2, 0) is 10.0 Å². The van der Waals surface area contributed by atoms with Crippen molar-refractivity contribution in [2.45, 2.75) is 16.7 Å². The molecule has 56 heavy (non-hydrogen) atoms. The van der Waals surface area contributed by atoms with E-state index in [9.17, 15) is 28.1 Å². The quantitative estimate of drug-likeness (QED) is 0.0435. The van der Waals surface area contributed by atoms with E-state index in [1.165, 1.54) is 18.2 Å². The number of sulfonamides is 1. The van der Waals surface area contributed by atoms with Gasteiger partial charge in [0.2, 0.25) is 0 Å². The van der Waals surface area contributed by atoms with Gasteiger partial charge in [-0.3, -0.25) is 19.7 Å². The van der Waals surface area contributed by atoms with Crippen molar-refractivity contribution in [3.63, 3.8) is 0 Å². The van der Waals surface area contributed by atoms with Gasteiger partial charge in [-0.2, -0.15) is 0 Å². The highest BCUT2D eigenvalue weighted by molar-refractivity contribution is 7.99. The number of amides is 2. The number of benzene rings is 5. The molecular weight excluding hydrogens is 751 g/mol. The molecule has 0 radical (unpaired) electrons. The van der Waals surface area contributed by atoms with E-state index in [2.05, 4.69) is 21.9 Å². The van der Waals surface area contributed by atoms with Crippen LogP contribution in [0, 0.1) is 22.0 Å². The van der Waals surface area contributed by atoms with E-state index in [1.807, 2.05) is 78.6 Å². The molecule has 1 aliphatic rings. The first-order valence-corrected chi connectivity index (χ1v) is 20.3. The number of nitrogens with zero attached hydrogens (tertiary/aromatic N) is 3. The maximum Gasteiger partial charge on any atom is 0.293 e. The molecule has 6 rings (SSSR count). The van der Waals surface area contributed by atoms with Gasteiger partial charge in [0, 0.05) is 66.3 Å². The number of piperazine rings is 1. The fourth-order valence-corrected chi connectivity index (χ4v) is 7.87. The number of nitro benzene ring substituents is 1. The van der Waals surface area contributed by atoms with Gasteiger partial charge >= 0.3 is 0 Å².